The van der Waals surface area contributed by atoms with E-state index in [1.54, 1.807) is 30.3 Å². The van der Waals surface area contributed by atoms with Crippen molar-refractivity contribution < 1.29 is 77.3 Å². The average Bonchev–Trinajstić information content (AvgIpc) is 3.30. The molecule has 2 atom stereocenters. The molecule has 0 unspecified atom stereocenters. The number of ether oxygens (including phenoxy) is 2. The largest absolute Gasteiger partial charge is 0.416 e. The van der Waals surface area contributed by atoms with Crippen molar-refractivity contribution >= 4 is 0 Å². The summed E-state index contributed by atoms with van der Waals surface area (Å²) in [5, 5.41) is 30.8. The van der Waals surface area contributed by atoms with Gasteiger partial charge in [0.25, 0.3) is 0 Å². The summed E-state index contributed by atoms with van der Waals surface area (Å²) in [7, 11) is 0. The number of rotatable bonds is 13. The van der Waals surface area contributed by atoms with E-state index < -0.39 is 92.6 Å². The van der Waals surface area contributed by atoms with Gasteiger partial charge in [-0.05, 0) is 111 Å². The van der Waals surface area contributed by atoms with Gasteiger partial charge in [-0.1, -0.05) is 60.7 Å². The van der Waals surface area contributed by atoms with Crippen molar-refractivity contribution in [3.05, 3.63) is 152 Å². The number of aliphatic hydroxyl groups is 2. The second-order valence-electron chi connectivity index (χ2n) is 18.0. The number of nitro groups is 1. The molecule has 0 amide bonds. The first-order chi connectivity index (χ1) is 31.5. The number of nitrogens with two attached hydrogens (primary N) is 1. The highest BCUT2D eigenvalue weighted by molar-refractivity contribution is 5.36. The quantitative estimate of drug-likeness (QED) is 0.0691. The van der Waals surface area contributed by atoms with E-state index in [0.29, 0.717) is 49.9 Å². The molecule has 0 radical (unpaired) electrons. The summed E-state index contributed by atoms with van der Waals surface area (Å²) >= 11 is 0. The van der Waals surface area contributed by atoms with E-state index in [1.807, 2.05) is 30.3 Å². The van der Waals surface area contributed by atoms with Crippen LogP contribution < -0.4 is 5.73 Å². The van der Waals surface area contributed by atoms with Crippen molar-refractivity contribution in [3.63, 3.8) is 0 Å². The zero-order valence-corrected chi connectivity index (χ0v) is 37.0. The molecule has 4 N–H and O–H groups in total. The molecule has 0 bridgehead atoms. The molecule has 0 saturated heterocycles. The lowest BCUT2D eigenvalue weighted by Crippen LogP contribution is -2.51. The highest BCUT2D eigenvalue weighted by atomic mass is 19.4. The molecule has 4 aromatic carbocycles. The normalized spacial score (nSPS) is 24.7. The van der Waals surface area contributed by atoms with Gasteiger partial charge in [0.1, 0.15) is 6.61 Å². The van der Waals surface area contributed by atoms with Gasteiger partial charge in [-0.2, -0.15) is 52.7 Å². The minimum atomic E-state index is -4.97. The third-order valence-corrected chi connectivity index (χ3v) is 13.5. The number of hydrogen-bond acceptors (Lipinski definition) is 7. The molecule has 20 heteroatoms. The fourth-order valence-corrected chi connectivity index (χ4v) is 8.78. The van der Waals surface area contributed by atoms with Crippen LogP contribution in [0.1, 0.15) is 122 Å². The van der Waals surface area contributed by atoms with Gasteiger partial charge in [-0.3, -0.25) is 10.1 Å². The average molecular weight is 981 g/mol. The Morgan fingerprint density at radius 1 is 0.544 bits per heavy atom. The Morgan fingerprint density at radius 3 is 1.12 bits per heavy atom. The van der Waals surface area contributed by atoms with E-state index in [9.17, 15) is 73.0 Å². The van der Waals surface area contributed by atoms with Crippen molar-refractivity contribution in [3.8, 4) is 0 Å². The van der Waals surface area contributed by atoms with Crippen molar-refractivity contribution in [2.24, 2.45) is 5.73 Å². The number of nitrogens with zero attached hydrogens (tertiary/aromatic N) is 1. The van der Waals surface area contributed by atoms with Gasteiger partial charge >= 0.3 is 24.7 Å². The number of aliphatic hydroxyl groups excluding tert-OH is 2. The molecule has 0 aromatic heterocycles. The van der Waals surface area contributed by atoms with Crippen LogP contribution in [0.15, 0.2) is 97.1 Å². The molecule has 374 valence electrons. The molecule has 2 aliphatic carbocycles. The molecule has 4 aromatic rings. The second kappa shape index (κ2) is 20.7. The maximum atomic E-state index is 13.2. The number of halogens is 12. The predicted octanol–water partition coefficient (Wildman–Crippen LogP) is 12.3. The molecular formula is C48H52F12N2O6. The van der Waals surface area contributed by atoms with E-state index in [1.165, 1.54) is 13.8 Å². The Kier molecular flexibility index (Phi) is 16.5. The van der Waals surface area contributed by atoms with Crippen LogP contribution in [0.3, 0.4) is 0 Å². The molecule has 2 aliphatic rings. The maximum absolute atomic E-state index is 13.2. The third-order valence-electron chi connectivity index (χ3n) is 13.5. The fourth-order valence-electron chi connectivity index (χ4n) is 8.78. The number of benzene rings is 4. The molecule has 6 rings (SSSR count). The zero-order chi connectivity index (χ0) is 50.6. The highest BCUT2D eigenvalue weighted by Gasteiger charge is 2.51. The Labute approximate surface area is 384 Å². The molecular weight excluding hydrogens is 929 g/mol. The second-order valence-corrected chi connectivity index (χ2v) is 18.0. The summed E-state index contributed by atoms with van der Waals surface area (Å²) in [6, 6.07) is 21.2. The SMILES string of the molecule is C[C@@H](OCC1(c2ccccc2)CCC(CO)([N+](=O)[O-])CC1)c1cc(C(F)(F)F)cc(C(F)(F)F)c1.C[C@@H](OCC1(c2ccccc2)CCC(N)(CO)CC1)c1cc(C(F)(F)F)cc(C(F)(F)F)c1. The van der Waals surface area contributed by atoms with Crippen LogP contribution in [0.4, 0.5) is 52.7 Å². The lowest BCUT2D eigenvalue weighted by molar-refractivity contribution is -0.579. The van der Waals surface area contributed by atoms with Gasteiger partial charge in [0, 0.05) is 34.1 Å². The standard InChI is InChI=1S/C24H25F6NO4.C24H27F6NO2/c1-16(17-11-19(23(25,26)27)13-20(12-17)24(28,29)30)35-15-21(18-5-3-2-4-6-18)7-9-22(14-32,10-8-21)31(33)34;1-16(17-11-19(23(25,26)27)13-20(12-17)24(28,29)30)33-15-21(18-5-3-2-4-6-18)7-9-22(31,14-32)10-8-21/h2-6,11-13,16,32H,7-10,14-15H2,1H3;2-6,11-13,16,32H,7-10,14-15,31H2,1H3/t2*16-,21?,22?/m11/s1. The Balaban J connectivity index is 0.000000255. The minimum Gasteiger partial charge on any atom is -0.394 e. The van der Waals surface area contributed by atoms with Crippen LogP contribution in [0.5, 0.6) is 0 Å². The topological polar surface area (TPSA) is 128 Å². The van der Waals surface area contributed by atoms with Crippen LogP contribution in [-0.2, 0) is 45.0 Å². The van der Waals surface area contributed by atoms with E-state index >= 15 is 0 Å². The van der Waals surface area contributed by atoms with Gasteiger partial charge in [0.15, 0.2) is 0 Å². The van der Waals surface area contributed by atoms with Crippen LogP contribution in [-0.4, -0.2) is 52.6 Å². The van der Waals surface area contributed by atoms with E-state index in [0.717, 1.165) is 11.1 Å². The molecule has 2 saturated carbocycles. The molecule has 0 heterocycles. The first-order valence-electron chi connectivity index (χ1n) is 21.6. The Bertz CT molecular complexity index is 2220. The summed E-state index contributed by atoms with van der Waals surface area (Å²) < 4.78 is 171. The maximum Gasteiger partial charge on any atom is 0.416 e. The number of alkyl halides is 12. The summed E-state index contributed by atoms with van der Waals surface area (Å²) in [5.74, 6) is 0. The molecule has 8 nitrogen and oxygen atoms in total. The Hall–Kier alpha value is -4.76. The lowest BCUT2D eigenvalue weighted by atomic mass is 9.65. The zero-order valence-electron chi connectivity index (χ0n) is 37.0. The molecule has 0 spiro atoms. The number of hydrogen-bond donors (Lipinski definition) is 3. The van der Waals surface area contributed by atoms with Gasteiger partial charge in [-0.25, -0.2) is 0 Å². The summed E-state index contributed by atoms with van der Waals surface area (Å²) in [6.07, 6.45) is -19.1. The predicted molar refractivity (Wildman–Crippen MR) is 226 cm³/mol. The van der Waals surface area contributed by atoms with Crippen LogP contribution >= 0.6 is 0 Å². The smallest absolute Gasteiger partial charge is 0.394 e. The lowest BCUT2D eigenvalue weighted by Gasteiger charge is -2.44. The first kappa shape index (κ1) is 54.2. The highest BCUT2D eigenvalue weighted by Crippen LogP contribution is 2.47. The molecule has 68 heavy (non-hydrogen) atoms. The van der Waals surface area contributed by atoms with Crippen molar-refractivity contribution in [2.45, 2.75) is 124 Å². The van der Waals surface area contributed by atoms with Crippen LogP contribution in [0.2, 0.25) is 0 Å². The molecule has 0 aliphatic heterocycles. The van der Waals surface area contributed by atoms with E-state index in [-0.39, 0.29) is 68.8 Å². The van der Waals surface area contributed by atoms with Crippen molar-refractivity contribution in [2.75, 3.05) is 26.4 Å². The fraction of sp³-hybridized carbons (Fsp3) is 0.500. The van der Waals surface area contributed by atoms with Gasteiger partial charge in [-0.15, -0.1) is 0 Å². The van der Waals surface area contributed by atoms with E-state index in [2.05, 4.69) is 0 Å². The van der Waals surface area contributed by atoms with Crippen molar-refractivity contribution in [1.82, 2.24) is 0 Å². The molecule has 2 fully saturated rings. The van der Waals surface area contributed by atoms with Gasteiger partial charge < -0.3 is 25.4 Å². The summed E-state index contributed by atoms with van der Waals surface area (Å²) in [4.78, 5) is 11.1. The minimum absolute atomic E-state index is 0.0465. The summed E-state index contributed by atoms with van der Waals surface area (Å²) in [5.41, 5.74) is -1.56. The van der Waals surface area contributed by atoms with Crippen molar-refractivity contribution in [1.29, 1.82) is 0 Å². The van der Waals surface area contributed by atoms with Gasteiger partial charge in [0.05, 0.1) is 54.3 Å². The monoisotopic (exact) mass is 980 g/mol. The van der Waals surface area contributed by atoms with Gasteiger partial charge in [0.2, 0.25) is 5.54 Å². The summed E-state index contributed by atoms with van der Waals surface area (Å²) in [6.45, 7) is 2.03. The first-order valence-corrected chi connectivity index (χ1v) is 21.6. The Morgan fingerprint density at radius 2 is 0.853 bits per heavy atom. The van der Waals surface area contributed by atoms with E-state index in [4.69, 9.17) is 15.2 Å². The van der Waals surface area contributed by atoms with Crippen LogP contribution in [0.25, 0.3) is 0 Å². The van der Waals surface area contributed by atoms with Crippen LogP contribution in [0, 0.1) is 10.1 Å². The third kappa shape index (κ3) is 12.9.